The van der Waals surface area contributed by atoms with Gasteiger partial charge in [0.15, 0.2) is 0 Å². The molecule has 34 heavy (non-hydrogen) atoms. The van der Waals surface area contributed by atoms with Gasteiger partial charge in [0, 0.05) is 35.0 Å². The summed E-state index contributed by atoms with van der Waals surface area (Å²) in [6.07, 6.45) is 1.53. The largest absolute Gasteiger partial charge is 0.466 e. The summed E-state index contributed by atoms with van der Waals surface area (Å²) in [5.41, 5.74) is 10.1. The Bertz CT molecular complexity index is 1100. The van der Waals surface area contributed by atoms with Crippen molar-refractivity contribution in [3.8, 4) is 6.07 Å². The molecule has 12 nitrogen and oxygen atoms in total. The summed E-state index contributed by atoms with van der Waals surface area (Å²) < 4.78 is 10.3. The molecule has 1 unspecified atom stereocenters. The number of allylic oxidation sites excluding steroid dienone is 2. The van der Waals surface area contributed by atoms with Crippen molar-refractivity contribution < 1.29 is 24.0 Å². The molecule has 0 aromatic heterocycles. The van der Waals surface area contributed by atoms with E-state index in [9.17, 15) is 19.7 Å². The molecule has 1 N–H and O–H groups in total. The minimum Gasteiger partial charge on any atom is -0.466 e. The Morgan fingerprint density at radius 2 is 1.97 bits per heavy atom. The number of nitrogens with one attached hydrogen (secondary N) is 1. The number of hydrogen-bond donors (Lipinski definition) is 1. The lowest BCUT2D eigenvalue weighted by Gasteiger charge is -2.31. The minimum atomic E-state index is -0.906. The average Bonchev–Trinajstić information content (AvgIpc) is 2.83. The number of dihydropyridines is 1. The van der Waals surface area contributed by atoms with Gasteiger partial charge in [-0.25, -0.2) is 9.59 Å². The topological polar surface area (TPSA) is 180 Å². The number of rotatable bonds is 11. The van der Waals surface area contributed by atoms with E-state index in [1.807, 2.05) is 6.07 Å². The van der Waals surface area contributed by atoms with Crippen molar-refractivity contribution in [3.05, 3.63) is 72.9 Å². The van der Waals surface area contributed by atoms with Gasteiger partial charge in [-0.05, 0) is 37.3 Å². The molecular weight excluding hydrogens is 444 g/mol. The number of nitro benzene ring substituents is 1. The summed E-state index contributed by atoms with van der Waals surface area (Å²) >= 11 is 0. The number of nitro groups is 1. The van der Waals surface area contributed by atoms with Crippen molar-refractivity contribution in [2.45, 2.75) is 38.5 Å². The number of ether oxygens (including phenoxy) is 2. The predicted octanol–water partition coefficient (Wildman–Crippen LogP) is 3.92. The number of nitriles is 1. The Hall–Kier alpha value is -4.36. The normalized spacial score (nSPS) is 15.0. The van der Waals surface area contributed by atoms with Crippen molar-refractivity contribution in [3.63, 3.8) is 0 Å². The van der Waals surface area contributed by atoms with Crippen LogP contribution in [0.4, 0.5) is 5.69 Å². The third-order valence-corrected chi connectivity index (χ3v) is 5.15. The fourth-order valence-corrected chi connectivity index (χ4v) is 3.63. The lowest BCUT2D eigenvalue weighted by Crippen LogP contribution is -2.33. The van der Waals surface area contributed by atoms with Crippen LogP contribution >= 0.6 is 0 Å². The minimum absolute atomic E-state index is 0.00509. The van der Waals surface area contributed by atoms with Crippen LogP contribution in [0.2, 0.25) is 0 Å². The summed E-state index contributed by atoms with van der Waals surface area (Å²) in [4.78, 5) is 39.1. The average molecular weight is 468 g/mol. The molecule has 1 heterocycles. The summed E-state index contributed by atoms with van der Waals surface area (Å²) in [7, 11) is 1.22. The smallest absolute Gasteiger partial charge is 0.336 e. The molecule has 1 atom stereocenters. The number of methoxy groups -OCH3 is 1. The van der Waals surface area contributed by atoms with E-state index in [4.69, 9.17) is 20.3 Å². The fourth-order valence-electron chi connectivity index (χ4n) is 3.63. The lowest BCUT2D eigenvalue weighted by atomic mass is 9.79. The van der Waals surface area contributed by atoms with Crippen LogP contribution in [0.5, 0.6) is 0 Å². The molecule has 0 bridgehead atoms. The van der Waals surface area contributed by atoms with Gasteiger partial charge in [-0.15, -0.1) is 0 Å². The molecular formula is C22H24N6O6. The Morgan fingerprint density at radius 1 is 1.26 bits per heavy atom. The Kier molecular flexibility index (Phi) is 9.61. The van der Waals surface area contributed by atoms with E-state index in [1.54, 1.807) is 6.92 Å². The highest BCUT2D eigenvalue weighted by atomic mass is 16.6. The second kappa shape index (κ2) is 12.6. The molecule has 1 aromatic rings. The van der Waals surface area contributed by atoms with E-state index in [0.29, 0.717) is 42.8 Å². The van der Waals surface area contributed by atoms with E-state index in [0.717, 1.165) is 0 Å². The first kappa shape index (κ1) is 25.9. The number of hydrogen-bond acceptors (Lipinski definition) is 9. The molecule has 1 aromatic carbocycles. The number of unbranched alkanes of at least 4 members (excludes halogenated alkanes) is 1. The third-order valence-electron chi connectivity index (χ3n) is 5.15. The van der Waals surface area contributed by atoms with Crippen LogP contribution in [0.25, 0.3) is 10.4 Å². The third kappa shape index (κ3) is 6.34. The first-order valence-electron chi connectivity index (χ1n) is 10.4. The first-order chi connectivity index (χ1) is 16.3. The molecule has 12 heteroatoms. The van der Waals surface area contributed by atoms with Gasteiger partial charge in [-0.2, -0.15) is 5.26 Å². The van der Waals surface area contributed by atoms with Crippen molar-refractivity contribution >= 4 is 17.6 Å². The van der Waals surface area contributed by atoms with Crippen molar-refractivity contribution in [2.75, 3.05) is 20.3 Å². The number of non-ortho nitro benzene ring substituents is 1. The number of esters is 2. The second-order valence-corrected chi connectivity index (χ2v) is 7.28. The molecule has 0 saturated carbocycles. The van der Waals surface area contributed by atoms with E-state index < -0.39 is 22.8 Å². The number of carbonyl (C=O) groups is 2. The molecule has 0 radical (unpaired) electrons. The van der Waals surface area contributed by atoms with Crippen LogP contribution in [0.1, 0.15) is 44.1 Å². The highest BCUT2D eigenvalue weighted by molar-refractivity contribution is 5.99. The van der Waals surface area contributed by atoms with Gasteiger partial charge in [-0.1, -0.05) is 17.2 Å². The monoisotopic (exact) mass is 468 g/mol. The number of nitrogens with zero attached hydrogens (tertiary/aromatic N) is 5. The molecule has 0 fully saturated rings. The van der Waals surface area contributed by atoms with E-state index >= 15 is 0 Å². The molecule has 0 aliphatic carbocycles. The molecule has 0 saturated heterocycles. The molecule has 1 aliphatic heterocycles. The van der Waals surface area contributed by atoms with Crippen molar-refractivity contribution in [1.29, 1.82) is 5.26 Å². The fraction of sp³-hybridized carbons (Fsp3) is 0.409. The zero-order chi connectivity index (χ0) is 25.1. The summed E-state index contributed by atoms with van der Waals surface area (Å²) in [6, 6.07) is 7.44. The number of benzene rings is 1. The molecule has 2 rings (SSSR count). The maximum Gasteiger partial charge on any atom is 0.336 e. The molecule has 1 aliphatic rings. The standard InChI is InChI=1S/C22H24N6O6/c1-14-18(21(29)33-2)19(15-7-9-16(10-8-15)28(31)32)20(22(30)34-13-5-11-23)17(26-14)6-3-4-12-25-27-24/h7-10,19,26H,3-6,12-13H2,1-2H3. The molecule has 0 amide bonds. The Morgan fingerprint density at radius 3 is 2.56 bits per heavy atom. The molecule has 0 spiro atoms. The van der Waals surface area contributed by atoms with Gasteiger partial charge in [0.2, 0.25) is 0 Å². The van der Waals surface area contributed by atoms with Gasteiger partial charge < -0.3 is 14.8 Å². The van der Waals surface area contributed by atoms with Crippen LogP contribution in [0.15, 0.2) is 51.9 Å². The number of carbonyl (C=O) groups excluding carboxylic acids is 2. The van der Waals surface area contributed by atoms with Crippen LogP contribution in [0.3, 0.4) is 0 Å². The van der Waals surface area contributed by atoms with Crippen molar-refractivity contribution in [2.24, 2.45) is 5.11 Å². The zero-order valence-corrected chi connectivity index (χ0v) is 18.8. The summed E-state index contributed by atoms with van der Waals surface area (Å²) in [6.45, 7) is 1.83. The number of azide groups is 1. The van der Waals surface area contributed by atoms with Gasteiger partial charge in [0.25, 0.3) is 5.69 Å². The van der Waals surface area contributed by atoms with Gasteiger partial charge >= 0.3 is 11.9 Å². The van der Waals surface area contributed by atoms with E-state index in [1.165, 1.54) is 31.4 Å². The predicted molar refractivity (Wildman–Crippen MR) is 120 cm³/mol. The van der Waals surface area contributed by atoms with Gasteiger partial charge in [0.05, 0.1) is 41.6 Å². The zero-order valence-electron chi connectivity index (χ0n) is 18.8. The maximum absolute atomic E-state index is 13.2. The Balaban J connectivity index is 2.58. The van der Waals surface area contributed by atoms with Crippen LogP contribution < -0.4 is 5.32 Å². The second-order valence-electron chi connectivity index (χ2n) is 7.28. The first-order valence-corrected chi connectivity index (χ1v) is 10.4. The maximum atomic E-state index is 13.2. The van der Waals surface area contributed by atoms with E-state index in [2.05, 4.69) is 15.3 Å². The van der Waals surface area contributed by atoms with E-state index in [-0.39, 0.29) is 29.9 Å². The van der Waals surface area contributed by atoms with Gasteiger partial charge in [0.1, 0.15) is 6.61 Å². The van der Waals surface area contributed by atoms with Crippen molar-refractivity contribution in [1.82, 2.24) is 5.32 Å². The lowest BCUT2D eigenvalue weighted by molar-refractivity contribution is -0.384. The van der Waals surface area contributed by atoms with Crippen LogP contribution in [0, 0.1) is 21.4 Å². The Labute approximate surface area is 195 Å². The summed E-state index contributed by atoms with van der Waals surface area (Å²) in [5, 5.41) is 26.5. The van der Waals surface area contributed by atoms with Crippen LogP contribution in [-0.4, -0.2) is 37.1 Å². The summed E-state index contributed by atoms with van der Waals surface area (Å²) in [5.74, 6) is -2.29. The van der Waals surface area contributed by atoms with Crippen LogP contribution in [-0.2, 0) is 19.1 Å². The SMILES string of the molecule is COC(=O)C1=C(C)NC(CCCCN=[N+]=[N-])=C(C(=O)OCCC#N)C1c1ccc([N+](=O)[O-])cc1. The molecule has 178 valence electrons. The highest BCUT2D eigenvalue weighted by Crippen LogP contribution is 2.40. The highest BCUT2D eigenvalue weighted by Gasteiger charge is 2.38. The quantitative estimate of drug-likeness (QED) is 0.0964. The van der Waals surface area contributed by atoms with Gasteiger partial charge in [-0.3, -0.25) is 10.1 Å².